The number of amides is 1. The van der Waals surface area contributed by atoms with Crippen LogP contribution in [0, 0.1) is 15.9 Å². The zero-order chi connectivity index (χ0) is 23.4. The number of nitrogens with one attached hydrogen (secondary N) is 2. The molecule has 2 heterocycles. The molecule has 1 amide bonds. The van der Waals surface area contributed by atoms with Gasteiger partial charge in [0.05, 0.1) is 16.1 Å². The SMILES string of the molecule is CN(CCCCCc1cc(-c2ccc(F)cc2)n[nH]1)C(=O)c1n[nH]c2ccc([N+](=O)[O-])cc12. The summed E-state index contributed by atoms with van der Waals surface area (Å²) in [5.74, 6) is -0.556. The Morgan fingerprint density at radius 3 is 2.61 bits per heavy atom. The molecule has 33 heavy (non-hydrogen) atoms. The number of aryl methyl sites for hydroxylation is 1. The Kier molecular flexibility index (Phi) is 6.43. The summed E-state index contributed by atoms with van der Waals surface area (Å²) in [5, 5.41) is 25.6. The third-order valence-corrected chi connectivity index (χ3v) is 5.52. The number of unbranched alkanes of at least 4 members (excludes halogenated alkanes) is 2. The number of hydrogen-bond acceptors (Lipinski definition) is 5. The third kappa shape index (κ3) is 5.05. The first kappa shape index (κ1) is 22.1. The van der Waals surface area contributed by atoms with E-state index < -0.39 is 4.92 Å². The first-order valence-electron chi connectivity index (χ1n) is 10.6. The van der Waals surface area contributed by atoms with E-state index in [2.05, 4.69) is 20.4 Å². The number of halogens is 1. The van der Waals surface area contributed by atoms with Gasteiger partial charge in [-0.3, -0.25) is 25.1 Å². The molecule has 0 unspecified atom stereocenters. The summed E-state index contributed by atoms with van der Waals surface area (Å²) < 4.78 is 13.1. The molecule has 0 radical (unpaired) electrons. The van der Waals surface area contributed by atoms with Gasteiger partial charge in [0, 0.05) is 42.4 Å². The molecule has 0 spiro atoms. The first-order chi connectivity index (χ1) is 15.9. The van der Waals surface area contributed by atoms with E-state index in [1.165, 1.54) is 24.3 Å². The standard InChI is InChI=1S/C23H23FN6O3/c1-29(23(31)22-19-14-18(30(32)33)10-11-20(19)26-28-22)12-4-2-3-5-17-13-21(27-25-17)15-6-8-16(24)9-7-15/h6-11,13-14H,2-5,12H2,1H3,(H,25,27)(H,26,28). The zero-order valence-corrected chi connectivity index (χ0v) is 18.0. The first-order valence-corrected chi connectivity index (χ1v) is 10.6. The van der Waals surface area contributed by atoms with Crippen LogP contribution in [0.3, 0.4) is 0 Å². The van der Waals surface area contributed by atoms with E-state index in [1.807, 2.05) is 6.07 Å². The number of carbonyl (C=O) groups excluding carboxylic acids is 1. The second-order valence-electron chi connectivity index (χ2n) is 7.88. The van der Waals surface area contributed by atoms with Crippen LogP contribution in [0.25, 0.3) is 22.2 Å². The molecule has 9 nitrogen and oxygen atoms in total. The third-order valence-electron chi connectivity index (χ3n) is 5.52. The van der Waals surface area contributed by atoms with Crippen molar-refractivity contribution in [3.05, 3.63) is 75.9 Å². The molecule has 0 aliphatic rings. The van der Waals surface area contributed by atoms with Gasteiger partial charge in [0.25, 0.3) is 11.6 Å². The van der Waals surface area contributed by atoms with Crippen molar-refractivity contribution < 1.29 is 14.1 Å². The molecule has 0 saturated carbocycles. The van der Waals surface area contributed by atoms with Crippen LogP contribution in [0.1, 0.15) is 35.4 Å². The summed E-state index contributed by atoms with van der Waals surface area (Å²) in [6.45, 7) is 0.548. The predicted octanol–water partition coefficient (Wildman–Crippen LogP) is 4.49. The van der Waals surface area contributed by atoms with Crippen LogP contribution in [-0.2, 0) is 6.42 Å². The van der Waals surface area contributed by atoms with Gasteiger partial charge < -0.3 is 4.90 Å². The molecule has 0 aliphatic carbocycles. The number of hydrogen-bond donors (Lipinski definition) is 2. The van der Waals surface area contributed by atoms with Gasteiger partial charge >= 0.3 is 0 Å². The summed E-state index contributed by atoms with van der Waals surface area (Å²) >= 11 is 0. The maximum absolute atomic E-state index is 13.1. The Morgan fingerprint density at radius 2 is 1.85 bits per heavy atom. The van der Waals surface area contributed by atoms with Gasteiger partial charge in [-0.2, -0.15) is 10.2 Å². The van der Waals surface area contributed by atoms with Crippen molar-refractivity contribution in [2.45, 2.75) is 25.7 Å². The van der Waals surface area contributed by atoms with Crippen molar-refractivity contribution in [2.24, 2.45) is 0 Å². The number of H-pyrrole nitrogens is 2. The van der Waals surface area contributed by atoms with Crippen molar-refractivity contribution in [1.82, 2.24) is 25.3 Å². The topological polar surface area (TPSA) is 121 Å². The molecule has 2 N–H and O–H groups in total. The van der Waals surface area contributed by atoms with E-state index >= 15 is 0 Å². The van der Waals surface area contributed by atoms with Crippen molar-refractivity contribution in [3.8, 4) is 11.3 Å². The summed E-state index contributed by atoms with van der Waals surface area (Å²) in [6, 6.07) is 12.5. The van der Waals surface area contributed by atoms with Crippen LogP contribution in [-0.4, -0.2) is 49.7 Å². The largest absolute Gasteiger partial charge is 0.340 e. The molecule has 2 aromatic heterocycles. The average Bonchev–Trinajstić information content (AvgIpc) is 3.45. The molecule has 0 aliphatic heterocycles. The Hall–Kier alpha value is -4.08. The van der Waals surface area contributed by atoms with Crippen LogP contribution in [0.5, 0.6) is 0 Å². The number of nitro groups is 1. The smallest absolute Gasteiger partial charge is 0.274 e. The van der Waals surface area contributed by atoms with Gasteiger partial charge in [-0.25, -0.2) is 4.39 Å². The molecule has 10 heteroatoms. The second-order valence-corrected chi connectivity index (χ2v) is 7.88. The molecular formula is C23H23FN6O3. The lowest BCUT2D eigenvalue weighted by Crippen LogP contribution is -2.28. The van der Waals surface area contributed by atoms with E-state index in [9.17, 15) is 19.3 Å². The number of rotatable bonds is 9. The summed E-state index contributed by atoms with van der Waals surface area (Å²) in [6.07, 6.45) is 3.46. The molecular weight excluding hydrogens is 427 g/mol. The highest BCUT2D eigenvalue weighted by Crippen LogP contribution is 2.23. The molecule has 170 valence electrons. The Bertz CT molecular complexity index is 1280. The quantitative estimate of drug-likeness (QED) is 0.221. The van der Waals surface area contributed by atoms with Crippen molar-refractivity contribution in [3.63, 3.8) is 0 Å². The van der Waals surface area contributed by atoms with Gasteiger partial charge in [-0.1, -0.05) is 6.42 Å². The van der Waals surface area contributed by atoms with Crippen LogP contribution >= 0.6 is 0 Å². The molecule has 0 atom stereocenters. The second kappa shape index (κ2) is 9.60. The maximum atomic E-state index is 13.1. The number of fused-ring (bicyclic) bond motifs is 1. The summed E-state index contributed by atoms with van der Waals surface area (Å²) in [7, 11) is 1.70. The van der Waals surface area contributed by atoms with E-state index in [4.69, 9.17) is 0 Å². The molecule has 0 bridgehead atoms. The normalized spacial score (nSPS) is 11.1. The van der Waals surface area contributed by atoms with Crippen LogP contribution in [0.4, 0.5) is 10.1 Å². The van der Waals surface area contributed by atoms with E-state index in [0.717, 1.165) is 42.6 Å². The van der Waals surface area contributed by atoms with Crippen molar-refractivity contribution in [2.75, 3.05) is 13.6 Å². The highest BCUT2D eigenvalue weighted by Gasteiger charge is 2.20. The zero-order valence-electron chi connectivity index (χ0n) is 18.0. The van der Waals surface area contributed by atoms with Gasteiger partial charge in [0.1, 0.15) is 5.82 Å². The average molecular weight is 450 g/mol. The molecule has 0 saturated heterocycles. The number of benzene rings is 2. The fourth-order valence-corrected chi connectivity index (χ4v) is 3.66. The lowest BCUT2D eigenvalue weighted by atomic mass is 10.1. The predicted molar refractivity (Wildman–Crippen MR) is 121 cm³/mol. The molecule has 4 rings (SSSR count). The molecule has 0 fully saturated rings. The molecule has 4 aromatic rings. The maximum Gasteiger partial charge on any atom is 0.274 e. The minimum atomic E-state index is -0.493. The number of aromatic nitrogens is 4. The Balaban J connectivity index is 1.26. The van der Waals surface area contributed by atoms with Gasteiger partial charge in [0.2, 0.25) is 0 Å². The fraction of sp³-hybridized carbons (Fsp3) is 0.261. The fourth-order valence-electron chi connectivity index (χ4n) is 3.66. The van der Waals surface area contributed by atoms with E-state index in [0.29, 0.717) is 17.4 Å². The van der Waals surface area contributed by atoms with Crippen molar-refractivity contribution >= 4 is 22.5 Å². The monoisotopic (exact) mass is 450 g/mol. The number of carbonyl (C=O) groups is 1. The van der Waals surface area contributed by atoms with Gasteiger partial charge in [0.15, 0.2) is 5.69 Å². The van der Waals surface area contributed by atoms with E-state index in [-0.39, 0.29) is 23.1 Å². The number of nitro benzene ring substituents is 1. The molecule has 2 aromatic carbocycles. The summed E-state index contributed by atoms with van der Waals surface area (Å²) in [5.41, 5.74) is 3.32. The van der Waals surface area contributed by atoms with Gasteiger partial charge in [-0.05, 0) is 55.7 Å². The number of aromatic amines is 2. The van der Waals surface area contributed by atoms with Crippen LogP contribution in [0.15, 0.2) is 48.5 Å². The highest BCUT2D eigenvalue weighted by atomic mass is 19.1. The Morgan fingerprint density at radius 1 is 1.06 bits per heavy atom. The summed E-state index contributed by atoms with van der Waals surface area (Å²) in [4.78, 5) is 24.9. The van der Waals surface area contributed by atoms with Gasteiger partial charge in [-0.15, -0.1) is 0 Å². The van der Waals surface area contributed by atoms with Crippen LogP contribution < -0.4 is 0 Å². The minimum absolute atomic E-state index is 0.0815. The lowest BCUT2D eigenvalue weighted by molar-refractivity contribution is -0.384. The van der Waals surface area contributed by atoms with Crippen molar-refractivity contribution in [1.29, 1.82) is 0 Å². The lowest BCUT2D eigenvalue weighted by Gasteiger charge is -2.15. The van der Waals surface area contributed by atoms with Crippen LogP contribution in [0.2, 0.25) is 0 Å². The minimum Gasteiger partial charge on any atom is -0.340 e. The highest BCUT2D eigenvalue weighted by molar-refractivity contribution is 6.05. The Labute approximate surface area is 188 Å². The number of non-ortho nitro benzene ring substituents is 1. The number of nitrogens with zero attached hydrogens (tertiary/aromatic N) is 4. The van der Waals surface area contributed by atoms with E-state index in [1.54, 1.807) is 30.1 Å².